The molecule has 0 saturated carbocycles. The number of aromatic amines is 1. The van der Waals surface area contributed by atoms with Crippen LogP contribution in [0, 0.1) is 0 Å². The minimum atomic E-state index is -0.409. The molecule has 1 aliphatic rings. The van der Waals surface area contributed by atoms with Crippen molar-refractivity contribution >= 4 is 21.8 Å². The van der Waals surface area contributed by atoms with E-state index in [1.807, 2.05) is 72.8 Å². The molecule has 222 valence electrons. The first-order valence-corrected chi connectivity index (χ1v) is 14.0. The van der Waals surface area contributed by atoms with Crippen molar-refractivity contribution in [3.8, 4) is 34.0 Å². The van der Waals surface area contributed by atoms with Crippen LogP contribution in [0.15, 0.2) is 107 Å². The molecular weight excluding hydrogens is 560 g/mol. The van der Waals surface area contributed by atoms with Crippen LogP contribution in [0.25, 0.3) is 44.3 Å². The Bertz CT molecular complexity index is 2020. The molecule has 0 unspecified atom stereocenters. The minimum absolute atomic E-state index is 0.125. The van der Waals surface area contributed by atoms with Gasteiger partial charge in [-0.2, -0.15) is 0 Å². The van der Waals surface area contributed by atoms with Crippen LogP contribution in [0.5, 0.6) is 11.5 Å². The summed E-state index contributed by atoms with van der Waals surface area (Å²) in [5.74, 6) is 1.40. The molecule has 0 spiro atoms. The molecule has 1 aliphatic heterocycles. The zero-order chi connectivity index (χ0) is 30.5. The number of fused-ring (bicyclic) bond motifs is 2. The van der Waals surface area contributed by atoms with Crippen LogP contribution in [0.2, 0.25) is 0 Å². The highest BCUT2D eigenvalue weighted by atomic mass is 16.7. The number of pyridine rings is 4. The van der Waals surface area contributed by atoms with Gasteiger partial charge >= 0.3 is 0 Å². The Balaban J connectivity index is 0.000000162. The quantitative estimate of drug-likeness (QED) is 0.287. The number of ether oxygens (including phenoxy) is 4. The molecule has 10 nitrogen and oxygen atoms in total. The number of benzene rings is 2. The fourth-order valence-electron chi connectivity index (χ4n) is 5.17. The highest BCUT2D eigenvalue weighted by Crippen LogP contribution is 2.29. The standard InChI is InChI=1S/C19H18N2O4.C15H12N2O2/c1-23-13-5-6-14-15(16-4-2-3-7-20-16)11-18(22)21(17(14)10-13)12-19-24-8-9-25-19;1-19-10-5-6-11-12(13-4-2-3-7-16-13)9-15(18)17-14(11)8-10/h2-7,10-11,19H,8-9,12H2,1H3;2-9H,1H3,(H,17,18). The summed E-state index contributed by atoms with van der Waals surface area (Å²) in [6.07, 6.45) is 3.02. The van der Waals surface area contributed by atoms with Gasteiger partial charge in [0.2, 0.25) is 5.56 Å². The van der Waals surface area contributed by atoms with Gasteiger partial charge in [0, 0.05) is 58.6 Å². The summed E-state index contributed by atoms with van der Waals surface area (Å²) in [5, 5.41) is 1.87. The van der Waals surface area contributed by atoms with Crippen molar-refractivity contribution in [3.63, 3.8) is 0 Å². The number of hydrogen-bond acceptors (Lipinski definition) is 8. The second-order valence-electron chi connectivity index (χ2n) is 9.95. The van der Waals surface area contributed by atoms with Crippen molar-refractivity contribution in [2.75, 3.05) is 27.4 Å². The molecule has 7 rings (SSSR count). The molecule has 2 aromatic carbocycles. The Morgan fingerprint density at radius 3 is 2.00 bits per heavy atom. The molecule has 1 saturated heterocycles. The van der Waals surface area contributed by atoms with Gasteiger partial charge < -0.3 is 28.5 Å². The predicted octanol–water partition coefficient (Wildman–Crippen LogP) is 5.04. The first-order valence-electron chi connectivity index (χ1n) is 14.0. The maximum Gasteiger partial charge on any atom is 0.251 e. The van der Waals surface area contributed by atoms with E-state index in [1.165, 1.54) is 0 Å². The Hall–Kier alpha value is -5.32. The van der Waals surface area contributed by atoms with Crippen molar-refractivity contribution in [1.29, 1.82) is 0 Å². The topological polar surface area (TPSA) is 118 Å². The zero-order valence-corrected chi connectivity index (χ0v) is 24.2. The highest BCUT2D eigenvalue weighted by Gasteiger charge is 2.20. The first-order chi connectivity index (χ1) is 21.5. The van der Waals surface area contributed by atoms with Gasteiger partial charge in [-0.05, 0) is 48.5 Å². The van der Waals surface area contributed by atoms with Crippen LogP contribution < -0.4 is 20.6 Å². The lowest BCUT2D eigenvalue weighted by atomic mass is 10.0. The Labute approximate surface area is 252 Å². The largest absolute Gasteiger partial charge is 0.497 e. The summed E-state index contributed by atoms with van der Waals surface area (Å²) < 4.78 is 23.2. The third-order valence-electron chi connectivity index (χ3n) is 7.27. The van der Waals surface area contributed by atoms with Gasteiger partial charge in [0.1, 0.15) is 11.5 Å². The molecule has 0 aliphatic carbocycles. The molecule has 0 radical (unpaired) electrons. The van der Waals surface area contributed by atoms with E-state index in [2.05, 4.69) is 15.0 Å². The lowest BCUT2D eigenvalue weighted by Crippen LogP contribution is -2.27. The SMILES string of the molecule is COc1ccc2c(-c3ccccn3)cc(=O)[nH]c2c1.COc1ccc2c(-c3ccccn3)cc(=O)n(CC3OCCO3)c2c1. The van der Waals surface area contributed by atoms with Crippen LogP contribution in [-0.2, 0) is 16.0 Å². The molecular formula is C34H30N4O6. The number of H-pyrrole nitrogens is 1. The molecule has 1 fully saturated rings. The smallest absolute Gasteiger partial charge is 0.251 e. The average Bonchev–Trinajstić information content (AvgIpc) is 3.59. The second-order valence-corrected chi connectivity index (χ2v) is 9.95. The van der Waals surface area contributed by atoms with Gasteiger partial charge in [-0.25, -0.2) is 0 Å². The number of rotatable bonds is 6. The van der Waals surface area contributed by atoms with Gasteiger partial charge in [0.25, 0.3) is 5.56 Å². The van der Waals surface area contributed by atoms with Crippen LogP contribution in [0.4, 0.5) is 0 Å². The van der Waals surface area contributed by atoms with Crippen LogP contribution >= 0.6 is 0 Å². The number of methoxy groups -OCH3 is 2. The summed E-state index contributed by atoms with van der Waals surface area (Å²) in [7, 11) is 3.21. The summed E-state index contributed by atoms with van der Waals surface area (Å²) in [4.78, 5) is 36.0. The maximum atomic E-state index is 12.8. The van der Waals surface area contributed by atoms with Crippen molar-refractivity contribution in [2.45, 2.75) is 12.8 Å². The van der Waals surface area contributed by atoms with Gasteiger partial charge in [-0.15, -0.1) is 0 Å². The Kier molecular flexibility index (Phi) is 8.44. The highest BCUT2D eigenvalue weighted by molar-refractivity contribution is 5.95. The van der Waals surface area contributed by atoms with Crippen LogP contribution in [0.1, 0.15) is 0 Å². The maximum absolute atomic E-state index is 12.8. The summed E-state index contributed by atoms with van der Waals surface area (Å²) in [5.41, 5.74) is 4.40. The van der Waals surface area contributed by atoms with E-state index in [4.69, 9.17) is 18.9 Å². The van der Waals surface area contributed by atoms with Crippen LogP contribution in [0.3, 0.4) is 0 Å². The molecule has 5 heterocycles. The lowest BCUT2D eigenvalue weighted by Gasteiger charge is -2.17. The molecule has 4 aromatic heterocycles. The number of aromatic nitrogens is 4. The number of hydrogen-bond donors (Lipinski definition) is 1. The average molecular weight is 591 g/mol. The third kappa shape index (κ3) is 6.07. The predicted molar refractivity (Wildman–Crippen MR) is 168 cm³/mol. The van der Waals surface area contributed by atoms with E-state index >= 15 is 0 Å². The van der Waals surface area contributed by atoms with Gasteiger partial charge in [0.15, 0.2) is 6.29 Å². The lowest BCUT2D eigenvalue weighted by molar-refractivity contribution is -0.0522. The van der Waals surface area contributed by atoms with Crippen molar-refractivity contribution in [3.05, 3.63) is 118 Å². The molecule has 6 aromatic rings. The van der Waals surface area contributed by atoms with E-state index < -0.39 is 6.29 Å². The first kappa shape index (κ1) is 28.8. The van der Waals surface area contributed by atoms with E-state index in [1.54, 1.807) is 43.3 Å². The fraction of sp³-hybridized carbons (Fsp3) is 0.176. The number of nitrogens with zero attached hydrogens (tertiary/aromatic N) is 3. The van der Waals surface area contributed by atoms with Crippen molar-refractivity contribution < 1.29 is 18.9 Å². The zero-order valence-electron chi connectivity index (χ0n) is 24.2. The van der Waals surface area contributed by atoms with E-state index in [9.17, 15) is 9.59 Å². The summed E-state index contributed by atoms with van der Waals surface area (Å²) in [6, 6.07) is 25.8. The Morgan fingerprint density at radius 2 is 1.39 bits per heavy atom. The van der Waals surface area contributed by atoms with E-state index in [0.29, 0.717) is 31.3 Å². The monoisotopic (exact) mass is 590 g/mol. The molecule has 0 bridgehead atoms. The summed E-state index contributed by atoms with van der Waals surface area (Å²) >= 11 is 0. The van der Waals surface area contributed by atoms with Crippen LogP contribution in [-0.4, -0.2) is 53.2 Å². The number of nitrogens with one attached hydrogen (secondary N) is 1. The third-order valence-corrected chi connectivity index (χ3v) is 7.27. The minimum Gasteiger partial charge on any atom is -0.497 e. The Morgan fingerprint density at radius 1 is 0.773 bits per heavy atom. The van der Waals surface area contributed by atoms with E-state index in [-0.39, 0.29) is 11.1 Å². The van der Waals surface area contributed by atoms with Gasteiger partial charge in [-0.1, -0.05) is 12.1 Å². The second kappa shape index (κ2) is 12.9. The van der Waals surface area contributed by atoms with E-state index in [0.717, 1.165) is 44.3 Å². The summed E-state index contributed by atoms with van der Waals surface area (Å²) in [6.45, 7) is 1.43. The normalized spacial score (nSPS) is 13.0. The van der Waals surface area contributed by atoms with Gasteiger partial charge in [-0.3, -0.25) is 19.6 Å². The molecule has 44 heavy (non-hydrogen) atoms. The molecule has 1 N–H and O–H groups in total. The molecule has 0 amide bonds. The van der Waals surface area contributed by atoms with Crippen molar-refractivity contribution in [1.82, 2.24) is 19.5 Å². The molecule has 0 atom stereocenters. The van der Waals surface area contributed by atoms with Gasteiger partial charge in [0.05, 0.1) is 56.4 Å². The molecule has 10 heteroatoms. The van der Waals surface area contributed by atoms with Crippen molar-refractivity contribution in [2.24, 2.45) is 0 Å². The fourth-order valence-corrected chi connectivity index (χ4v) is 5.17.